The van der Waals surface area contributed by atoms with Gasteiger partial charge in [0.15, 0.2) is 0 Å². The van der Waals surface area contributed by atoms with Crippen LogP contribution < -0.4 is 16.8 Å². The van der Waals surface area contributed by atoms with Gasteiger partial charge in [-0.25, -0.2) is 4.39 Å². The first-order valence-electron chi connectivity index (χ1n) is 8.65. The SMILES string of the molecule is Cc1cc(F)cc2c1NCCC2C(=O)n1nc2c(c1N)CCC(N)C2. The summed E-state index contributed by atoms with van der Waals surface area (Å²) >= 11 is 0. The van der Waals surface area contributed by atoms with Crippen molar-refractivity contribution < 1.29 is 9.18 Å². The van der Waals surface area contributed by atoms with E-state index in [1.54, 1.807) is 0 Å². The third-order valence-corrected chi connectivity index (χ3v) is 5.27. The lowest BCUT2D eigenvalue weighted by Gasteiger charge is -2.27. The average Bonchev–Trinajstić information content (AvgIpc) is 2.89. The van der Waals surface area contributed by atoms with Gasteiger partial charge in [-0.2, -0.15) is 9.78 Å². The smallest absolute Gasteiger partial charge is 0.256 e. The fourth-order valence-electron chi connectivity index (χ4n) is 3.98. The molecule has 2 aromatic rings. The molecule has 1 aromatic carbocycles. The number of hydrogen-bond acceptors (Lipinski definition) is 5. The van der Waals surface area contributed by atoms with Crippen molar-refractivity contribution in [2.24, 2.45) is 5.73 Å². The van der Waals surface area contributed by atoms with Gasteiger partial charge in [-0.15, -0.1) is 0 Å². The highest BCUT2D eigenvalue weighted by molar-refractivity contribution is 5.90. The van der Waals surface area contributed by atoms with E-state index in [2.05, 4.69) is 10.4 Å². The summed E-state index contributed by atoms with van der Waals surface area (Å²) in [6.07, 6.45) is 2.80. The van der Waals surface area contributed by atoms with Crippen molar-refractivity contribution in [1.29, 1.82) is 0 Å². The van der Waals surface area contributed by atoms with Gasteiger partial charge in [-0.1, -0.05) is 0 Å². The van der Waals surface area contributed by atoms with Crippen LogP contribution in [0.25, 0.3) is 0 Å². The van der Waals surface area contributed by atoms with Gasteiger partial charge in [0, 0.05) is 30.3 Å². The number of nitrogens with two attached hydrogens (primary N) is 2. The lowest BCUT2D eigenvalue weighted by Crippen LogP contribution is -2.29. The molecule has 0 spiro atoms. The lowest BCUT2D eigenvalue weighted by molar-refractivity contribution is 0.0859. The molecule has 2 unspecified atom stereocenters. The summed E-state index contributed by atoms with van der Waals surface area (Å²) in [4.78, 5) is 13.1. The largest absolute Gasteiger partial charge is 0.385 e. The van der Waals surface area contributed by atoms with E-state index in [9.17, 15) is 9.18 Å². The molecule has 1 aliphatic heterocycles. The monoisotopic (exact) mass is 343 g/mol. The van der Waals surface area contributed by atoms with Crippen molar-refractivity contribution in [3.63, 3.8) is 0 Å². The van der Waals surface area contributed by atoms with Crippen LogP contribution in [0.2, 0.25) is 0 Å². The molecule has 0 fully saturated rings. The van der Waals surface area contributed by atoms with E-state index >= 15 is 0 Å². The molecule has 0 bridgehead atoms. The highest BCUT2D eigenvalue weighted by Gasteiger charge is 2.32. The number of nitrogens with zero attached hydrogens (tertiary/aromatic N) is 2. The van der Waals surface area contributed by atoms with E-state index in [-0.39, 0.29) is 17.8 Å². The van der Waals surface area contributed by atoms with Crippen molar-refractivity contribution in [3.05, 3.63) is 40.3 Å². The quantitative estimate of drug-likeness (QED) is 0.735. The van der Waals surface area contributed by atoms with Crippen molar-refractivity contribution in [2.75, 3.05) is 17.6 Å². The minimum absolute atomic E-state index is 0.0571. The van der Waals surface area contributed by atoms with Crippen LogP contribution in [-0.2, 0) is 12.8 Å². The Morgan fingerprint density at radius 3 is 3.00 bits per heavy atom. The maximum atomic E-state index is 13.9. The van der Waals surface area contributed by atoms with E-state index in [1.807, 2.05) is 6.92 Å². The number of rotatable bonds is 1. The Labute approximate surface area is 145 Å². The minimum Gasteiger partial charge on any atom is -0.385 e. The van der Waals surface area contributed by atoms with Crippen molar-refractivity contribution in [3.8, 4) is 0 Å². The Bertz CT molecular complexity index is 860. The van der Waals surface area contributed by atoms with Crippen LogP contribution in [0, 0.1) is 12.7 Å². The number of fused-ring (bicyclic) bond motifs is 2. The van der Waals surface area contributed by atoms with E-state index in [0.29, 0.717) is 30.8 Å². The second kappa shape index (κ2) is 5.84. The number of carbonyl (C=O) groups excluding carboxylic acids is 1. The molecule has 0 radical (unpaired) electrons. The number of carbonyl (C=O) groups is 1. The Balaban J connectivity index is 1.74. The number of aromatic nitrogens is 2. The summed E-state index contributed by atoms with van der Waals surface area (Å²) in [6.45, 7) is 2.49. The summed E-state index contributed by atoms with van der Waals surface area (Å²) in [7, 11) is 0. The van der Waals surface area contributed by atoms with Crippen molar-refractivity contribution >= 4 is 17.4 Å². The standard InChI is InChI=1S/C18H22FN5O/c1-9-6-10(19)7-14-12(4-5-22-16(9)14)18(25)24-17(21)13-3-2-11(20)8-15(13)23-24/h6-7,11-12,22H,2-5,8,20-21H2,1H3. The summed E-state index contributed by atoms with van der Waals surface area (Å²) < 4.78 is 15.2. The second-order valence-electron chi connectivity index (χ2n) is 7.02. The summed E-state index contributed by atoms with van der Waals surface area (Å²) in [6, 6.07) is 2.97. The van der Waals surface area contributed by atoms with Crippen LogP contribution in [0.15, 0.2) is 12.1 Å². The number of benzene rings is 1. The Kier molecular flexibility index (Phi) is 3.76. The maximum Gasteiger partial charge on any atom is 0.256 e. The molecular weight excluding hydrogens is 321 g/mol. The first-order chi connectivity index (χ1) is 12.0. The fourth-order valence-corrected chi connectivity index (χ4v) is 3.98. The van der Waals surface area contributed by atoms with Gasteiger partial charge in [-0.05, 0) is 49.4 Å². The van der Waals surface area contributed by atoms with Gasteiger partial charge >= 0.3 is 0 Å². The van der Waals surface area contributed by atoms with Crippen molar-refractivity contribution in [1.82, 2.24) is 9.78 Å². The predicted molar refractivity (Wildman–Crippen MR) is 94.3 cm³/mol. The molecule has 4 rings (SSSR count). The van der Waals surface area contributed by atoms with Crippen LogP contribution in [0.4, 0.5) is 15.9 Å². The molecule has 6 nitrogen and oxygen atoms in total. The molecule has 0 saturated heterocycles. The molecule has 2 atom stereocenters. The molecule has 132 valence electrons. The number of nitrogens with one attached hydrogen (secondary N) is 1. The summed E-state index contributed by atoms with van der Waals surface area (Å²) in [5.41, 5.74) is 16.3. The second-order valence-corrected chi connectivity index (χ2v) is 7.02. The van der Waals surface area contributed by atoms with Gasteiger partial charge in [0.25, 0.3) is 5.91 Å². The number of nitrogen functional groups attached to an aromatic ring is 1. The van der Waals surface area contributed by atoms with E-state index in [1.165, 1.54) is 16.8 Å². The van der Waals surface area contributed by atoms with Crippen LogP contribution in [0.5, 0.6) is 0 Å². The third-order valence-electron chi connectivity index (χ3n) is 5.27. The lowest BCUT2D eigenvalue weighted by atomic mass is 9.88. The van der Waals surface area contributed by atoms with E-state index in [4.69, 9.17) is 11.5 Å². The Hall–Kier alpha value is -2.41. The predicted octanol–water partition coefficient (Wildman–Crippen LogP) is 1.97. The molecule has 2 heterocycles. The molecule has 5 N–H and O–H groups in total. The van der Waals surface area contributed by atoms with Crippen LogP contribution in [-0.4, -0.2) is 28.3 Å². The molecule has 2 aliphatic rings. The summed E-state index contributed by atoms with van der Waals surface area (Å²) in [5.74, 6) is -0.590. The zero-order valence-electron chi connectivity index (χ0n) is 14.2. The number of halogens is 1. The first-order valence-corrected chi connectivity index (χ1v) is 8.65. The minimum atomic E-state index is -0.456. The molecule has 25 heavy (non-hydrogen) atoms. The van der Waals surface area contributed by atoms with Gasteiger partial charge in [0.2, 0.25) is 0 Å². The van der Waals surface area contributed by atoms with Gasteiger partial charge in [-0.3, -0.25) is 4.79 Å². The summed E-state index contributed by atoms with van der Waals surface area (Å²) in [5, 5.41) is 7.71. The van der Waals surface area contributed by atoms with Crippen LogP contribution in [0.3, 0.4) is 0 Å². The highest BCUT2D eigenvalue weighted by Crippen LogP contribution is 2.36. The molecule has 7 heteroatoms. The third kappa shape index (κ3) is 2.59. The number of aryl methyl sites for hydroxylation is 1. The van der Waals surface area contributed by atoms with E-state index in [0.717, 1.165) is 35.3 Å². The molecule has 1 aromatic heterocycles. The number of anilines is 2. The zero-order valence-corrected chi connectivity index (χ0v) is 14.2. The molecule has 1 aliphatic carbocycles. The van der Waals surface area contributed by atoms with E-state index < -0.39 is 5.92 Å². The molecular formula is C18H22FN5O. The van der Waals surface area contributed by atoms with Crippen LogP contribution in [0.1, 0.15) is 45.9 Å². The highest BCUT2D eigenvalue weighted by atomic mass is 19.1. The fraction of sp³-hybridized carbons (Fsp3) is 0.444. The maximum absolute atomic E-state index is 13.9. The normalized spacial score (nSPS) is 22.0. The zero-order chi connectivity index (χ0) is 17.7. The van der Waals surface area contributed by atoms with Gasteiger partial charge < -0.3 is 16.8 Å². The topological polar surface area (TPSA) is 99.0 Å². The molecule has 0 amide bonds. The van der Waals surface area contributed by atoms with Gasteiger partial charge in [0.1, 0.15) is 11.6 Å². The first kappa shape index (κ1) is 16.1. The van der Waals surface area contributed by atoms with Gasteiger partial charge in [0.05, 0.1) is 11.6 Å². The Morgan fingerprint density at radius 2 is 2.20 bits per heavy atom. The number of hydrogen-bond donors (Lipinski definition) is 3. The average molecular weight is 343 g/mol. The van der Waals surface area contributed by atoms with Crippen molar-refractivity contribution in [2.45, 2.75) is 44.6 Å². The Morgan fingerprint density at radius 1 is 1.40 bits per heavy atom. The van der Waals surface area contributed by atoms with Crippen LogP contribution >= 0.6 is 0 Å². The molecule has 0 saturated carbocycles.